The maximum atomic E-state index is 14.1. The monoisotopic (exact) mass is 627 g/mol. The minimum absolute atomic E-state index is 0.0172. The second kappa shape index (κ2) is 15.1. The fourth-order valence-corrected chi connectivity index (χ4v) is 8.48. The van der Waals surface area contributed by atoms with Gasteiger partial charge in [-0.25, -0.2) is 4.79 Å². The molecule has 0 aromatic rings. The molecule has 0 bridgehead atoms. The van der Waals surface area contributed by atoms with Gasteiger partial charge in [0.25, 0.3) is 5.60 Å². The molecule has 252 valence electrons. The van der Waals surface area contributed by atoms with Gasteiger partial charge in [-0.3, -0.25) is 14.6 Å². The third-order valence-electron chi connectivity index (χ3n) is 11.1. The van der Waals surface area contributed by atoms with E-state index in [1.54, 1.807) is 0 Å². The van der Waals surface area contributed by atoms with E-state index in [4.69, 9.17) is 25.9 Å². The Labute approximate surface area is 269 Å². The van der Waals surface area contributed by atoms with Gasteiger partial charge >= 0.3 is 5.97 Å². The molecule has 0 aromatic carbocycles. The molecule has 3 aliphatic carbocycles. The summed E-state index contributed by atoms with van der Waals surface area (Å²) in [6.45, 7) is 5.24. The predicted molar refractivity (Wildman–Crippen MR) is 174 cm³/mol. The molecule has 10 heteroatoms. The van der Waals surface area contributed by atoms with Crippen molar-refractivity contribution in [3.05, 3.63) is 11.6 Å². The van der Waals surface area contributed by atoms with Crippen LogP contribution in [-0.2, 0) is 23.9 Å². The summed E-state index contributed by atoms with van der Waals surface area (Å²) >= 11 is 0. The summed E-state index contributed by atoms with van der Waals surface area (Å²) in [5.41, 5.74) is 10.5. The number of hydrogen-bond donors (Lipinski definition) is 4. The highest BCUT2D eigenvalue weighted by molar-refractivity contribution is 6.23. The van der Waals surface area contributed by atoms with E-state index in [1.165, 1.54) is 19.3 Å². The first kappa shape index (κ1) is 34.0. The van der Waals surface area contributed by atoms with Crippen molar-refractivity contribution in [3.8, 4) is 0 Å². The van der Waals surface area contributed by atoms with Crippen LogP contribution in [0.25, 0.3) is 0 Å². The lowest BCUT2D eigenvalue weighted by Gasteiger charge is -2.37. The van der Waals surface area contributed by atoms with E-state index < -0.39 is 23.1 Å². The number of rotatable bonds is 13. The number of aliphatic imine (C=N–C) groups is 1. The fraction of sp³-hybridized carbons (Fsp3) is 0.829. The number of Topliss-reactive ketones (excluding diaryl/α,β-unsaturated/α-hetero) is 2. The molecule has 2 saturated heterocycles. The van der Waals surface area contributed by atoms with Gasteiger partial charge < -0.3 is 31.6 Å². The number of hydrogen-bond acceptors (Lipinski definition) is 8. The summed E-state index contributed by atoms with van der Waals surface area (Å²) in [6, 6.07) is 0.284. The first-order valence-electron chi connectivity index (χ1n) is 17.9. The van der Waals surface area contributed by atoms with Crippen LogP contribution in [0, 0.1) is 17.8 Å². The number of epoxide rings is 1. The predicted octanol–water partition coefficient (Wildman–Crippen LogP) is 4.19. The van der Waals surface area contributed by atoms with Crippen LogP contribution < -0.4 is 22.1 Å². The van der Waals surface area contributed by atoms with Crippen LogP contribution in [0.1, 0.15) is 123 Å². The molecule has 0 amide bonds. The lowest BCUT2D eigenvalue weighted by molar-refractivity contribution is -0.158. The highest BCUT2D eigenvalue weighted by atomic mass is 16.7. The quantitative estimate of drug-likeness (QED) is 0.0446. The van der Waals surface area contributed by atoms with Crippen molar-refractivity contribution in [1.82, 2.24) is 10.6 Å². The Balaban J connectivity index is 1.32. The minimum Gasteiger partial charge on any atom is -0.463 e. The van der Waals surface area contributed by atoms with Gasteiger partial charge in [-0.15, -0.1) is 0 Å². The molecule has 2 aliphatic heterocycles. The number of ether oxygens (including phenoxy) is 2. The topological polar surface area (TPSA) is 161 Å². The molecule has 10 nitrogen and oxygen atoms in total. The SMILES string of the molecule is CCCCCCOC(=O)[C@]12O[C@@]1(CC=C(C)C[C@@H](NC(N)=NC1CCCCC1)C1CCNC(N)C1)C(=O)C1CCCCC1C2=O. The highest BCUT2D eigenvalue weighted by Gasteiger charge is 2.86. The smallest absolute Gasteiger partial charge is 0.349 e. The second-order valence-corrected chi connectivity index (χ2v) is 14.4. The van der Waals surface area contributed by atoms with Crippen LogP contribution in [0.2, 0.25) is 0 Å². The van der Waals surface area contributed by atoms with Crippen molar-refractivity contribution >= 4 is 23.5 Å². The molecule has 45 heavy (non-hydrogen) atoms. The molecule has 3 saturated carbocycles. The number of fused-ring (bicyclic) bond motifs is 2. The van der Waals surface area contributed by atoms with Crippen molar-refractivity contribution in [2.24, 2.45) is 34.2 Å². The largest absolute Gasteiger partial charge is 0.463 e. The molecule has 5 fully saturated rings. The standard InChI is InChI=1S/C35H57N5O5/c1-3-4-5-11-20-44-32(43)35-31(42)27-15-10-9-14-26(27)30(41)34(35,45-35)18-16-23(2)21-28(24-17-19-38-29(36)22-24)40-33(37)39-25-12-7-6-8-13-25/h16,24-29,38H,3-15,17-22,36H2,1-2H3,(H3,37,39,40)/t24?,26?,27?,28-,29?,34+,35+/m1/s1. The summed E-state index contributed by atoms with van der Waals surface area (Å²) in [5, 5.41) is 6.87. The molecule has 5 rings (SSSR count). The van der Waals surface area contributed by atoms with E-state index in [2.05, 4.69) is 17.6 Å². The van der Waals surface area contributed by atoms with Crippen molar-refractivity contribution in [2.75, 3.05) is 13.2 Å². The van der Waals surface area contributed by atoms with E-state index in [9.17, 15) is 14.4 Å². The van der Waals surface area contributed by atoms with Crippen LogP contribution in [0.5, 0.6) is 0 Å². The van der Waals surface area contributed by atoms with Gasteiger partial charge in [0.15, 0.2) is 23.1 Å². The van der Waals surface area contributed by atoms with Gasteiger partial charge in [-0.1, -0.05) is 69.9 Å². The molecule has 2 heterocycles. The van der Waals surface area contributed by atoms with Crippen molar-refractivity contribution in [3.63, 3.8) is 0 Å². The number of guanidine groups is 1. The minimum atomic E-state index is -1.80. The first-order valence-corrected chi connectivity index (χ1v) is 17.9. The van der Waals surface area contributed by atoms with E-state index in [0.717, 1.165) is 76.3 Å². The Morgan fingerprint density at radius 2 is 1.78 bits per heavy atom. The molecule has 6 N–H and O–H groups in total. The zero-order chi connectivity index (χ0) is 32.0. The molecular weight excluding hydrogens is 570 g/mol. The zero-order valence-corrected chi connectivity index (χ0v) is 27.6. The number of nitrogens with one attached hydrogen (secondary N) is 2. The Kier molecular flexibility index (Phi) is 11.4. The van der Waals surface area contributed by atoms with Gasteiger partial charge in [-0.2, -0.15) is 0 Å². The number of carbonyl (C=O) groups is 3. The third-order valence-corrected chi connectivity index (χ3v) is 11.1. The third kappa shape index (κ3) is 7.33. The van der Waals surface area contributed by atoms with Gasteiger partial charge in [-0.05, 0) is 70.8 Å². The molecule has 0 radical (unpaired) electrons. The average molecular weight is 628 g/mol. The van der Waals surface area contributed by atoms with Crippen LogP contribution in [-0.4, -0.2) is 66.1 Å². The van der Waals surface area contributed by atoms with Crippen LogP contribution in [0.15, 0.2) is 16.6 Å². The number of esters is 1. The van der Waals surface area contributed by atoms with E-state index >= 15 is 0 Å². The first-order chi connectivity index (χ1) is 21.7. The lowest BCUT2D eigenvalue weighted by Crippen LogP contribution is -2.58. The number of nitrogens with zero attached hydrogens (tertiary/aromatic N) is 1. The average Bonchev–Trinajstić information content (AvgIpc) is 3.75. The summed E-state index contributed by atoms with van der Waals surface area (Å²) < 4.78 is 11.8. The van der Waals surface area contributed by atoms with Crippen LogP contribution in [0.3, 0.4) is 0 Å². The maximum Gasteiger partial charge on any atom is 0.349 e. The van der Waals surface area contributed by atoms with Gasteiger partial charge in [0.05, 0.1) is 18.8 Å². The molecule has 5 aliphatic rings. The number of ketones is 2. The number of nitrogens with two attached hydrogens (primary N) is 2. The molecule has 4 unspecified atom stereocenters. The van der Waals surface area contributed by atoms with Crippen molar-refractivity contribution in [2.45, 2.75) is 152 Å². The molecule has 7 atom stereocenters. The number of carbonyl (C=O) groups excluding carboxylic acids is 3. The van der Waals surface area contributed by atoms with Crippen LogP contribution >= 0.6 is 0 Å². The Bertz CT molecular complexity index is 1140. The normalized spacial score (nSPS) is 34.9. The zero-order valence-electron chi connectivity index (χ0n) is 27.6. The molecule has 0 spiro atoms. The fourth-order valence-electron chi connectivity index (χ4n) is 8.48. The Morgan fingerprint density at radius 3 is 2.49 bits per heavy atom. The Hall–Kier alpha value is -2.30. The summed E-state index contributed by atoms with van der Waals surface area (Å²) in [7, 11) is 0. The summed E-state index contributed by atoms with van der Waals surface area (Å²) in [5.74, 6) is -1.08. The van der Waals surface area contributed by atoms with Crippen molar-refractivity contribution in [1.29, 1.82) is 0 Å². The maximum absolute atomic E-state index is 14.1. The number of piperidine rings is 1. The van der Waals surface area contributed by atoms with E-state index in [1.807, 2.05) is 13.0 Å². The Morgan fingerprint density at radius 1 is 1.07 bits per heavy atom. The summed E-state index contributed by atoms with van der Waals surface area (Å²) in [4.78, 5) is 46.4. The molecular formula is C35H57N5O5. The molecule has 0 aromatic heterocycles. The highest BCUT2D eigenvalue weighted by Crippen LogP contribution is 2.61. The van der Waals surface area contributed by atoms with Gasteiger partial charge in [0.2, 0.25) is 0 Å². The van der Waals surface area contributed by atoms with Crippen molar-refractivity contribution < 1.29 is 23.9 Å². The van der Waals surface area contributed by atoms with E-state index in [-0.39, 0.29) is 48.8 Å². The summed E-state index contributed by atoms with van der Waals surface area (Å²) in [6.07, 6.45) is 17.3. The van der Waals surface area contributed by atoms with E-state index in [0.29, 0.717) is 31.1 Å². The lowest BCUT2D eigenvalue weighted by atomic mass is 9.61. The second-order valence-electron chi connectivity index (χ2n) is 14.4. The van der Waals surface area contributed by atoms with Gasteiger partial charge in [0, 0.05) is 24.3 Å². The number of unbranched alkanes of at least 4 members (excludes halogenated alkanes) is 3. The van der Waals surface area contributed by atoms with Gasteiger partial charge in [0.1, 0.15) is 0 Å². The van der Waals surface area contributed by atoms with Crippen LogP contribution in [0.4, 0.5) is 0 Å².